The molecule has 0 radical (unpaired) electrons. The first kappa shape index (κ1) is 18.2. The Bertz CT molecular complexity index is 483. The molecule has 1 aromatic rings. The van der Waals surface area contributed by atoms with E-state index in [2.05, 4.69) is 34.6 Å². The smallest absolute Gasteiger partial charge is 0.175 e. The van der Waals surface area contributed by atoms with Crippen molar-refractivity contribution >= 4 is 9.84 Å². The molecule has 110 valence electrons. The van der Waals surface area contributed by atoms with Crippen molar-refractivity contribution in [3.63, 3.8) is 0 Å². The van der Waals surface area contributed by atoms with Crippen LogP contribution in [0.1, 0.15) is 58.6 Å². The van der Waals surface area contributed by atoms with Crippen molar-refractivity contribution in [1.29, 1.82) is 0 Å². The summed E-state index contributed by atoms with van der Waals surface area (Å²) in [7, 11) is -3.10. The summed E-state index contributed by atoms with van der Waals surface area (Å²) in [6.45, 7) is 12.6. The lowest BCUT2D eigenvalue weighted by atomic mass is 10.0. The first-order chi connectivity index (χ1) is 8.59. The maximum atomic E-state index is 11.6. The molecule has 2 nitrogen and oxygen atoms in total. The van der Waals surface area contributed by atoms with Crippen LogP contribution in [0.25, 0.3) is 0 Å². The van der Waals surface area contributed by atoms with E-state index in [0.29, 0.717) is 10.8 Å². The summed E-state index contributed by atoms with van der Waals surface area (Å²) in [5.74, 6) is 1.19. The van der Waals surface area contributed by atoms with E-state index in [1.165, 1.54) is 6.26 Å². The van der Waals surface area contributed by atoms with Gasteiger partial charge in [0.05, 0.1) is 4.90 Å². The number of hydrogen-bond donors (Lipinski definition) is 0. The third-order valence-electron chi connectivity index (χ3n) is 2.54. The van der Waals surface area contributed by atoms with Crippen molar-refractivity contribution < 1.29 is 8.42 Å². The molecule has 0 saturated heterocycles. The lowest BCUT2D eigenvalue weighted by Crippen LogP contribution is -2.03. The second-order valence-corrected chi connectivity index (χ2v) is 7.86. The van der Waals surface area contributed by atoms with Gasteiger partial charge in [0.15, 0.2) is 9.84 Å². The minimum absolute atomic E-state index is 0.358. The lowest BCUT2D eigenvalue weighted by Gasteiger charge is -2.11. The van der Waals surface area contributed by atoms with Gasteiger partial charge in [0, 0.05) is 6.26 Å². The van der Waals surface area contributed by atoms with Crippen LogP contribution in [0.4, 0.5) is 0 Å². The molecule has 0 aliphatic heterocycles. The number of sulfone groups is 1. The van der Waals surface area contributed by atoms with Crippen LogP contribution in [0.3, 0.4) is 0 Å². The van der Waals surface area contributed by atoms with Crippen LogP contribution in [0.5, 0.6) is 0 Å². The molecule has 0 spiro atoms. The Morgan fingerprint density at radius 3 is 1.84 bits per heavy atom. The molecular formula is C16H28O2S. The molecular weight excluding hydrogens is 256 g/mol. The van der Waals surface area contributed by atoms with Gasteiger partial charge in [-0.25, -0.2) is 8.42 Å². The highest BCUT2D eigenvalue weighted by atomic mass is 32.2. The number of hydrogen-bond acceptors (Lipinski definition) is 2. The van der Waals surface area contributed by atoms with E-state index in [4.69, 9.17) is 0 Å². The van der Waals surface area contributed by atoms with Gasteiger partial charge in [0.25, 0.3) is 0 Å². The summed E-state index contributed by atoms with van der Waals surface area (Å²) in [5.41, 5.74) is 1.98. The highest BCUT2D eigenvalue weighted by molar-refractivity contribution is 7.90. The first-order valence-corrected chi connectivity index (χ1v) is 8.81. The fourth-order valence-electron chi connectivity index (χ4n) is 1.57. The number of benzene rings is 1. The molecule has 1 aromatic carbocycles. The average molecular weight is 284 g/mol. The maximum absolute atomic E-state index is 11.6. The third kappa shape index (κ3) is 6.76. The van der Waals surface area contributed by atoms with Crippen molar-refractivity contribution in [2.45, 2.75) is 58.8 Å². The molecule has 19 heavy (non-hydrogen) atoms. The Labute approximate surface area is 119 Å². The standard InChI is InChI=1S/C12H18O2S.C4H10/c1-5-10-6-7-11(9(2)3)8-12(10)15(4,13)14;1-4(2)3/h6-9H,5H2,1-4H3;4H,1-3H3. The summed E-state index contributed by atoms with van der Waals surface area (Å²) in [5, 5.41) is 0. The quantitative estimate of drug-likeness (QED) is 0.822. The monoisotopic (exact) mass is 284 g/mol. The van der Waals surface area contributed by atoms with Gasteiger partial charge in [0.1, 0.15) is 0 Å². The Morgan fingerprint density at radius 1 is 1.05 bits per heavy atom. The van der Waals surface area contributed by atoms with Crippen LogP contribution >= 0.6 is 0 Å². The molecule has 3 heteroatoms. The van der Waals surface area contributed by atoms with Gasteiger partial charge in [0.2, 0.25) is 0 Å². The fraction of sp³-hybridized carbons (Fsp3) is 0.625. The predicted molar refractivity (Wildman–Crippen MR) is 83.5 cm³/mol. The molecule has 0 unspecified atom stereocenters. The normalized spacial score (nSPS) is 11.4. The van der Waals surface area contributed by atoms with Crippen molar-refractivity contribution in [2.24, 2.45) is 5.92 Å². The van der Waals surface area contributed by atoms with Crippen LogP contribution in [-0.4, -0.2) is 14.7 Å². The molecule has 1 rings (SSSR count). The number of rotatable bonds is 3. The van der Waals surface area contributed by atoms with Crippen LogP contribution in [0.15, 0.2) is 23.1 Å². The largest absolute Gasteiger partial charge is 0.224 e. The summed E-state index contributed by atoms with van der Waals surface area (Å²) in [6.07, 6.45) is 2.02. The molecule has 0 bridgehead atoms. The minimum Gasteiger partial charge on any atom is -0.224 e. The summed E-state index contributed by atoms with van der Waals surface area (Å²) in [4.78, 5) is 0.483. The van der Waals surface area contributed by atoms with Gasteiger partial charge in [-0.15, -0.1) is 0 Å². The summed E-state index contributed by atoms with van der Waals surface area (Å²) in [6, 6.07) is 5.74. The fourth-order valence-corrected chi connectivity index (χ4v) is 2.61. The molecule has 0 aliphatic carbocycles. The third-order valence-corrected chi connectivity index (χ3v) is 3.72. The van der Waals surface area contributed by atoms with Gasteiger partial charge in [-0.3, -0.25) is 0 Å². The Morgan fingerprint density at radius 2 is 1.53 bits per heavy atom. The molecule has 0 N–H and O–H groups in total. The van der Waals surface area contributed by atoms with Crippen molar-refractivity contribution in [2.75, 3.05) is 6.26 Å². The second-order valence-electron chi connectivity index (χ2n) is 5.88. The topological polar surface area (TPSA) is 34.1 Å². The van der Waals surface area contributed by atoms with Gasteiger partial charge >= 0.3 is 0 Å². The molecule has 0 saturated carbocycles. The highest BCUT2D eigenvalue weighted by Gasteiger charge is 2.13. The van der Waals surface area contributed by atoms with Crippen molar-refractivity contribution in [1.82, 2.24) is 0 Å². The van der Waals surface area contributed by atoms with Crippen LogP contribution in [-0.2, 0) is 16.3 Å². The maximum Gasteiger partial charge on any atom is 0.175 e. The molecule has 0 amide bonds. The Kier molecular flexibility index (Phi) is 7.35. The zero-order chi connectivity index (χ0) is 15.2. The van der Waals surface area contributed by atoms with Gasteiger partial charge in [-0.2, -0.15) is 0 Å². The Balaban J connectivity index is 0.000000711. The predicted octanol–water partition coefficient (Wildman–Crippen LogP) is 4.44. The van der Waals surface area contributed by atoms with Crippen LogP contribution in [0.2, 0.25) is 0 Å². The van der Waals surface area contributed by atoms with E-state index in [1.54, 1.807) is 6.07 Å². The summed E-state index contributed by atoms with van der Waals surface area (Å²) < 4.78 is 23.2. The molecule has 0 aliphatic rings. The van der Waals surface area contributed by atoms with E-state index in [0.717, 1.165) is 23.5 Å². The average Bonchev–Trinajstić information content (AvgIpc) is 2.26. The van der Waals surface area contributed by atoms with Crippen molar-refractivity contribution in [3.8, 4) is 0 Å². The van der Waals surface area contributed by atoms with Crippen LogP contribution < -0.4 is 0 Å². The molecule has 0 atom stereocenters. The SMILES string of the molecule is CC(C)C.CCc1ccc(C(C)C)cc1S(C)(=O)=O. The lowest BCUT2D eigenvalue weighted by molar-refractivity contribution is 0.600. The molecule has 0 fully saturated rings. The van der Waals surface area contributed by atoms with Crippen molar-refractivity contribution in [3.05, 3.63) is 29.3 Å². The first-order valence-electron chi connectivity index (χ1n) is 6.92. The highest BCUT2D eigenvalue weighted by Crippen LogP contribution is 2.22. The number of aryl methyl sites for hydroxylation is 1. The van der Waals surface area contributed by atoms with Gasteiger partial charge < -0.3 is 0 Å². The van der Waals surface area contributed by atoms with E-state index < -0.39 is 9.84 Å². The zero-order valence-electron chi connectivity index (χ0n) is 13.3. The van der Waals surface area contributed by atoms with Gasteiger partial charge in [-0.1, -0.05) is 53.7 Å². The van der Waals surface area contributed by atoms with E-state index in [9.17, 15) is 8.42 Å². The Hall–Kier alpha value is -0.830. The summed E-state index contributed by atoms with van der Waals surface area (Å²) >= 11 is 0. The van der Waals surface area contributed by atoms with E-state index >= 15 is 0 Å². The minimum atomic E-state index is -3.10. The zero-order valence-corrected chi connectivity index (χ0v) is 14.1. The van der Waals surface area contributed by atoms with E-state index in [-0.39, 0.29) is 0 Å². The molecule has 0 heterocycles. The molecule has 0 aromatic heterocycles. The second kappa shape index (κ2) is 7.68. The van der Waals surface area contributed by atoms with Crippen LogP contribution in [0, 0.1) is 5.92 Å². The van der Waals surface area contributed by atoms with E-state index in [1.807, 2.05) is 19.1 Å². The van der Waals surface area contributed by atoms with Gasteiger partial charge in [-0.05, 0) is 35.4 Å².